The van der Waals surface area contributed by atoms with Crippen LogP contribution in [0.25, 0.3) is 11.0 Å². The lowest BCUT2D eigenvalue weighted by molar-refractivity contribution is 0.0993. The summed E-state index contributed by atoms with van der Waals surface area (Å²) in [6.45, 7) is 0. The summed E-state index contributed by atoms with van der Waals surface area (Å²) in [6, 6.07) is 10.5. The fourth-order valence-corrected chi connectivity index (χ4v) is 2.63. The van der Waals surface area contributed by atoms with Crippen molar-refractivity contribution >= 4 is 40.0 Å². The highest BCUT2D eigenvalue weighted by Gasteiger charge is 2.13. The van der Waals surface area contributed by atoms with Crippen molar-refractivity contribution in [3.63, 3.8) is 0 Å². The van der Waals surface area contributed by atoms with E-state index in [1.54, 1.807) is 48.8 Å². The number of nitrogens with zero attached hydrogens (tertiary/aromatic N) is 2. The third kappa shape index (κ3) is 2.89. The quantitative estimate of drug-likeness (QED) is 0.674. The predicted octanol–water partition coefficient (Wildman–Crippen LogP) is 4.36. The minimum atomic E-state index is -0.0578. The van der Waals surface area contributed by atoms with Crippen molar-refractivity contribution < 1.29 is 4.79 Å². The molecule has 3 aromatic rings. The Balaban J connectivity index is 1.94. The molecule has 2 aromatic carbocycles. The number of halogens is 2. The second-order valence-electron chi connectivity index (χ2n) is 4.56. The van der Waals surface area contributed by atoms with Gasteiger partial charge in [0.1, 0.15) is 0 Å². The third-order valence-electron chi connectivity index (χ3n) is 3.19. The van der Waals surface area contributed by atoms with Gasteiger partial charge < -0.3 is 0 Å². The maximum Gasteiger partial charge on any atom is 0.167 e. The van der Waals surface area contributed by atoms with E-state index < -0.39 is 0 Å². The molecule has 0 saturated heterocycles. The van der Waals surface area contributed by atoms with E-state index in [4.69, 9.17) is 23.2 Å². The lowest BCUT2D eigenvalue weighted by atomic mass is 10.0. The SMILES string of the molecule is O=C(Cc1c(Cl)cccc1Cl)c1ccc2nccnc2c1. The highest BCUT2D eigenvalue weighted by atomic mass is 35.5. The molecule has 104 valence electrons. The second kappa shape index (κ2) is 5.80. The summed E-state index contributed by atoms with van der Waals surface area (Å²) in [6.07, 6.45) is 3.37. The van der Waals surface area contributed by atoms with Crippen LogP contribution in [0.5, 0.6) is 0 Å². The van der Waals surface area contributed by atoms with E-state index >= 15 is 0 Å². The van der Waals surface area contributed by atoms with E-state index in [0.29, 0.717) is 26.7 Å². The Morgan fingerprint density at radius 1 is 0.952 bits per heavy atom. The Bertz CT molecular complexity index is 813. The summed E-state index contributed by atoms with van der Waals surface area (Å²) in [4.78, 5) is 20.8. The van der Waals surface area contributed by atoms with Crippen LogP contribution in [0.4, 0.5) is 0 Å². The summed E-state index contributed by atoms with van der Waals surface area (Å²) in [5.74, 6) is -0.0578. The summed E-state index contributed by atoms with van der Waals surface area (Å²) in [7, 11) is 0. The van der Waals surface area contributed by atoms with Gasteiger partial charge in [0.05, 0.1) is 11.0 Å². The first-order valence-corrected chi connectivity index (χ1v) is 7.07. The van der Waals surface area contributed by atoms with E-state index in [-0.39, 0.29) is 12.2 Å². The molecule has 0 atom stereocenters. The zero-order valence-corrected chi connectivity index (χ0v) is 12.4. The van der Waals surface area contributed by atoms with Gasteiger partial charge in [-0.3, -0.25) is 14.8 Å². The number of hydrogen-bond acceptors (Lipinski definition) is 3. The smallest absolute Gasteiger partial charge is 0.167 e. The van der Waals surface area contributed by atoms with Crippen molar-refractivity contribution in [3.05, 3.63) is 70.0 Å². The van der Waals surface area contributed by atoms with Crippen LogP contribution >= 0.6 is 23.2 Å². The Kier molecular flexibility index (Phi) is 3.86. The van der Waals surface area contributed by atoms with Crippen LogP contribution in [0.2, 0.25) is 10.0 Å². The van der Waals surface area contributed by atoms with Crippen molar-refractivity contribution in [3.8, 4) is 0 Å². The summed E-state index contributed by atoms with van der Waals surface area (Å²) < 4.78 is 0. The molecule has 0 spiro atoms. The molecule has 0 fully saturated rings. The number of carbonyl (C=O) groups excluding carboxylic acids is 1. The first kappa shape index (κ1) is 14.0. The Labute approximate surface area is 131 Å². The molecule has 5 heteroatoms. The Morgan fingerprint density at radius 2 is 1.62 bits per heavy atom. The zero-order chi connectivity index (χ0) is 14.8. The van der Waals surface area contributed by atoms with Crippen LogP contribution in [0.15, 0.2) is 48.8 Å². The molecule has 0 amide bonds. The van der Waals surface area contributed by atoms with Crippen LogP contribution in [-0.4, -0.2) is 15.8 Å². The van der Waals surface area contributed by atoms with Gasteiger partial charge in [-0.2, -0.15) is 0 Å². The van der Waals surface area contributed by atoms with Crippen LogP contribution in [-0.2, 0) is 6.42 Å². The van der Waals surface area contributed by atoms with Gasteiger partial charge in [-0.25, -0.2) is 0 Å². The number of carbonyl (C=O) groups is 1. The molecule has 0 saturated carbocycles. The van der Waals surface area contributed by atoms with Crippen molar-refractivity contribution in [2.75, 3.05) is 0 Å². The van der Waals surface area contributed by atoms with Crippen molar-refractivity contribution in [1.82, 2.24) is 9.97 Å². The topological polar surface area (TPSA) is 42.9 Å². The first-order valence-electron chi connectivity index (χ1n) is 6.32. The van der Waals surface area contributed by atoms with Crippen molar-refractivity contribution in [2.24, 2.45) is 0 Å². The number of fused-ring (bicyclic) bond motifs is 1. The molecular formula is C16H10Cl2N2O. The number of aromatic nitrogens is 2. The maximum absolute atomic E-state index is 12.4. The van der Waals surface area contributed by atoms with E-state index in [0.717, 1.165) is 5.52 Å². The van der Waals surface area contributed by atoms with Gasteiger partial charge in [0.2, 0.25) is 0 Å². The summed E-state index contributed by atoms with van der Waals surface area (Å²) >= 11 is 12.2. The van der Waals surface area contributed by atoms with Crippen molar-refractivity contribution in [2.45, 2.75) is 6.42 Å². The molecule has 0 aliphatic heterocycles. The van der Waals surface area contributed by atoms with E-state index in [1.807, 2.05) is 0 Å². The van der Waals surface area contributed by atoms with E-state index in [9.17, 15) is 4.79 Å². The monoisotopic (exact) mass is 316 g/mol. The number of rotatable bonds is 3. The molecule has 0 aliphatic carbocycles. The lowest BCUT2D eigenvalue weighted by Crippen LogP contribution is -2.05. The van der Waals surface area contributed by atoms with Gasteiger partial charge in [-0.1, -0.05) is 29.3 Å². The molecule has 0 bridgehead atoms. The third-order valence-corrected chi connectivity index (χ3v) is 3.90. The number of hydrogen-bond donors (Lipinski definition) is 0. The highest BCUT2D eigenvalue weighted by molar-refractivity contribution is 6.36. The van der Waals surface area contributed by atoms with Crippen LogP contribution in [0, 0.1) is 0 Å². The van der Waals surface area contributed by atoms with Gasteiger partial charge in [0, 0.05) is 34.4 Å². The molecule has 0 unspecified atom stereocenters. The first-order chi connectivity index (χ1) is 10.1. The highest BCUT2D eigenvalue weighted by Crippen LogP contribution is 2.26. The largest absolute Gasteiger partial charge is 0.294 e. The molecule has 3 nitrogen and oxygen atoms in total. The molecule has 21 heavy (non-hydrogen) atoms. The molecule has 1 aromatic heterocycles. The summed E-state index contributed by atoms with van der Waals surface area (Å²) in [5.41, 5.74) is 2.66. The Morgan fingerprint density at radius 3 is 2.33 bits per heavy atom. The average Bonchev–Trinajstić information content (AvgIpc) is 2.50. The Hall–Kier alpha value is -1.97. The fourth-order valence-electron chi connectivity index (χ4n) is 2.10. The van der Waals surface area contributed by atoms with Gasteiger partial charge >= 0.3 is 0 Å². The predicted molar refractivity (Wildman–Crippen MR) is 84.0 cm³/mol. The lowest BCUT2D eigenvalue weighted by Gasteiger charge is -2.06. The number of benzene rings is 2. The molecule has 1 heterocycles. The molecule has 0 aliphatic rings. The minimum absolute atomic E-state index is 0.0578. The van der Waals surface area contributed by atoms with Crippen LogP contribution < -0.4 is 0 Å². The molecular weight excluding hydrogens is 307 g/mol. The fraction of sp³-hybridized carbons (Fsp3) is 0.0625. The van der Waals surface area contributed by atoms with Gasteiger partial charge in [-0.15, -0.1) is 0 Å². The molecule has 0 N–H and O–H groups in total. The van der Waals surface area contributed by atoms with Crippen LogP contribution in [0.3, 0.4) is 0 Å². The average molecular weight is 317 g/mol. The van der Waals surface area contributed by atoms with Gasteiger partial charge in [-0.05, 0) is 35.9 Å². The normalized spacial score (nSPS) is 10.8. The van der Waals surface area contributed by atoms with E-state index in [2.05, 4.69) is 9.97 Å². The van der Waals surface area contributed by atoms with E-state index in [1.165, 1.54) is 0 Å². The zero-order valence-electron chi connectivity index (χ0n) is 10.9. The molecule has 0 radical (unpaired) electrons. The maximum atomic E-state index is 12.4. The van der Waals surface area contributed by atoms with Crippen molar-refractivity contribution in [1.29, 1.82) is 0 Å². The standard InChI is InChI=1S/C16H10Cl2N2O/c17-12-2-1-3-13(18)11(12)9-16(21)10-4-5-14-15(8-10)20-7-6-19-14/h1-8H,9H2. The van der Waals surface area contributed by atoms with Gasteiger partial charge in [0.15, 0.2) is 5.78 Å². The van der Waals surface area contributed by atoms with Crippen LogP contribution in [0.1, 0.15) is 15.9 Å². The summed E-state index contributed by atoms with van der Waals surface area (Å²) in [5, 5.41) is 0.993. The number of Topliss-reactive ketones (excluding diaryl/α,β-unsaturated/α-hetero) is 1. The second-order valence-corrected chi connectivity index (χ2v) is 5.37. The number of ketones is 1. The van der Waals surface area contributed by atoms with Gasteiger partial charge in [0.25, 0.3) is 0 Å². The molecule has 3 rings (SSSR count). The minimum Gasteiger partial charge on any atom is -0.294 e.